The third-order valence-electron chi connectivity index (χ3n) is 3.03. The van der Waals surface area contributed by atoms with E-state index < -0.39 is 0 Å². The summed E-state index contributed by atoms with van der Waals surface area (Å²) in [4.78, 5) is 23.9. The van der Waals surface area contributed by atoms with E-state index in [0.29, 0.717) is 22.1 Å². The Morgan fingerprint density at radius 3 is 2.86 bits per heavy atom. The largest absolute Gasteiger partial charge is 0.497 e. The van der Waals surface area contributed by atoms with E-state index in [-0.39, 0.29) is 5.78 Å². The van der Waals surface area contributed by atoms with Gasteiger partial charge >= 0.3 is 0 Å². The van der Waals surface area contributed by atoms with E-state index in [1.807, 2.05) is 6.07 Å². The molecule has 22 heavy (non-hydrogen) atoms. The molecule has 0 aliphatic heterocycles. The lowest BCUT2D eigenvalue weighted by Gasteiger charge is -2.02. The van der Waals surface area contributed by atoms with Gasteiger partial charge in [-0.15, -0.1) is 0 Å². The second-order valence-corrected chi connectivity index (χ2v) is 6.39. The van der Waals surface area contributed by atoms with Crippen LogP contribution in [0.15, 0.2) is 46.2 Å². The van der Waals surface area contributed by atoms with Crippen molar-refractivity contribution in [1.29, 1.82) is 0 Å². The molecule has 2 heterocycles. The highest BCUT2D eigenvalue weighted by atomic mass is 79.9. The fraction of sp³-hybridized carbons (Fsp3) is 0.133. The van der Waals surface area contributed by atoms with Crippen molar-refractivity contribution in [2.75, 3.05) is 12.9 Å². The van der Waals surface area contributed by atoms with Crippen LogP contribution in [0, 0.1) is 0 Å². The van der Waals surface area contributed by atoms with Crippen LogP contribution in [0.4, 0.5) is 0 Å². The Morgan fingerprint density at radius 1 is 1.36 bits per heavy atom. The quantitative estimate of drug-likeness (QED) is 0.542. The molecule has 0 bridgehead atoms. The van der Waals surface area contributed by atoms with Crippen molar-refractivity contribution in [1.82, 2.24) is 15.0 Å². The van der Waals surface area contributed by atoms with Crippen LogP contribution in [0.5, 0.6) is 5.75 Å². The van der Waals surface area contributed by atoms with Gasteiger partial charge < -0.3 is 9.72 Å². The molecule has 0 saturated heterocycles. The SMILES string of the molecule is COc1ccc(C(=O)CSc2nc3ncc(Br)cc3[nH]2)cc1. The minimum Gasteiger partial charge on any atom is -0.497 e. The molecule has 2 aromatic heterocycles. The van der Waals surface area contributed by atoms with E-state index in [1.54, 1.807) is 37.6 Å². The van der Waals surface area contributed by atoms with Gasteiger partial charge in [-0.2, -0.15) is 0 Å². The number of benzene rings is 1. The van der Waals surface area contributed by atoms with Crippen molar-refractivity contribution in [3.05, 3.63) is 46.6 Å². The Kier molecular flexibility index (Phi) is 4.44. The van der Waals surface area contributed by atoms with E-state index in [0.717, 1.165) is 15.7 Å². The molecule has 0 aliphatic rings. The van der Waals surface area contributed by atoms with Crippen LogP contribution in [0.2, 0.25) is 0 Å². The highest BCUT2D eigenvalue weighted by Gasteiger charge is 2.10. The molecule has 7 heteroatoms. The second-order valence-electron chi connectivity index (χ2n) is 4.51. The molecule has 0 unspecified atom stereocenters. The molecule has 0 amide bonds. The standard InChI is InChI=1S/C15H12BrN3O2S/c1-21-11-4-2-9(3-5-11)13(20)8-22-15-18-12-6-10(16)7-17-14(12)19-15/h2-7H,8H2,1H3,(H,17,18,19). The number of halogens is 1. The zero-order valence-corrected chi connectivity index (χ0v) is 14.1. The average molecular weight is 378 g/mol. The van der Waals surface area contributed by atoms with Gasteiger partial charge in [0.2, 0.25) is 0 Å². The summed E-state index contributed by atoms with van der Waals surface area (Å²) in [6.07, 6.45) is 1.69. The molecule has 3 aromatic rings. The number of pyridine rings is 1. The van der Waals surface area contributed by atoms with Gasteiger partial charge in [-0.3, -0.25) is 4.79 Å². The molecule has 5 nitrogen and oxygen atoms in total. The van der Waals surface area contributed by atoms with Crippen molar-refractivity contribution >= 4 is 44.6 Å². The van der Waals surface area contributed by atoms with Gasteiger partial charge in [0.05, 0.1) is 18.4 Å². The molecule has 0 spiro atoms. The molecule has 0 fully saturated rings. The first-order valence-corrected chi connectivity index (χ1v) is 8.25. The Labute approximate surface area is 139 Å². The Bertz CT molecular complexity index is 817. The summed E-state index contributed by atoms with van der Waals surface area (Å²) in [5, 5.41) is 0.683. The number of Topliss-reactive ketones (excluding diaryl/α,β-unsaturated/α-hetero) is 1. The van der Waals surface area contributed by atoms with E-state index >= 15 is 0 Å². The van der Waals surface area contributed by atoms with Crippen LogP contribution in [-0.2, 0) is 0 Å². The third kappa shape index (κ3) is 3.31. The number of thioether (sulfide) groups is 1. The van der Waals surface area contributed by atoms with Gasteiger partial charge in [-0.05, 0) is 46.3 Å². The maximum Gasteiger partial charge on any atom is 0.178 e. The van der Waals surface area contributed by atoms with E-state index in [4.69, 9.17) is 4.74 Å². The van der Waals surface area contributed by atoms with Crippen molar-refractivity contribution in [2.45, 2.75) is 5.16 Å². The fourth-order valence-electron chi connectivity index (χ4n) is 1.91. The van der Waals surface area contributed by atoms with E-state index in [2.05, 4.69) is 30.9 Å². The van der Waals surface area contributed by atoms with Gasteiger partial charge in [0.25, 0.3) is 0 Å². The van der Waals surface area contributed by atoms with Crippen LogP contribution < -0.4 is 4.74 Å². The number of carbonyl (C=O) groups is 1. The van der Waals surface area contributed by atoms with Crippen molar-refractivity contribution in [3.8, 4) is 5.75 Å². The Balaban J connectivity index is 1.68. The average Bonchev–Trinajstić information content (AvgIpc) is 2.94. The maximum atomic E-state index is 12.2. The minimum atomic E-state index is 0.0437. The summed E-state index contributed by atoms with van der Waals surface area (Å²) >= 11 is 4.73. The smallest absolute Gasteiger partial charge is 0.178 e. The first kappa shape index (κ1) is 15.1. The van der Waals surface area contributed by atoms with Crippen molar-refractivity contribution in [3.63, 3.8) is 0 Å². The number of rotatable bonds is 5. The van der Waals surface area contributed by atoms with Gasteiger partial charge in [0.1, 0.15) is 5.75 Å². The molecule has 0 radical (unpaired) electrons. The van der Waals surface area contributed by atoms with Crippen molar-refractivity contribution in [2.24, 2.45) is 0 Å². The lowest BCUT2D eigenvalue weighted by atomic mass is 10.1. The summed E-state index contributed by atoms with van der Waals surface area (Å²) < 4.78 is 5.96. The number of methoxy groups -OCH3 is 1. The zero-order chi connectivity index (χ0) is 15.5. The maximum absolute atomic E-state index is 12.2. The topological polar surface area (TPSA) is 67.9 Å². The van der Waals surface area contributed by atoms with Crippen LogP contribution in [-0.4, -0.2) is 33.6 Å². The highest BCUT2D eigenvalue weighted by Crippen LogP contribution is 2.22. The zero-order valence-electron chi connectivity index (χ0n) is 11.7. The monoisotopic (exact) mass is 377 g/mol. The number of imidazole rings is 1. The molecular weight excluding hydrogens is 366 g/mol. The normalized spacial score (nSPS) is 10.8. The lowest BCUT2D eigenvalue weighted by molar-refractivity contribution is 0.102. The van der Waals surface area contributed by atoms with E-state index in [1.165, 1.54) is 11.8 Å². The predicted octanol–water partition coefficient (Wildman–Crippen LogP) is 3.70. The molecule has 0 saturated carbocycles. The number of hydrogen-bond acceptors (Lipinski definition) is 5. The molecule has 112 valence electrons. The first-order chi connectivity index (χ1) is 10.7. The number of nitrogens with zero attached hydrogens (tertiary/aromatic N) is 2. The number of ketones is 1. The van der Waals surface area contributed by atoms with Gasteiger partial charge in [-0.25, -0.2) is 9.97 Å². The van der Waals surface area contributed by atoms with Crippen LogP contribution in [0.3, 0.4) is 0 Å². The summed E-state index contributed by atoms with van der Waals surface area (Å²) in [6, 6.07) is 8.99. The fourth-order valence-corrected chi connectivity index (χ4v) is 3.01. The molecule has 1 N–H and O–H groups in total. The van der Waals surface area contributed by atoms with Crippen molar-refractivity contribution < 1.29 is 9.53 Å². The highest BCUT2D eigenvalue weighted by molar-refractivity contribution is 9.10. The number of ether oxygens (including phenoxy) is 1. The molecule has 0 atom stereocenters. The van der Waals surface area contributed by atoms with Crippen LogP contribution in [0.25, 0.3) is 11.2 Å². The predicted molar refractivity (Wildman–Crippen MR) is 89.6 cm³/mol. The van der Waals surface area contributed by atoms with Gasteiger partial charge in [0.15, 0.2) is 16.6 Å². The molecule has 3 rings (SSSR count). The lowest BCUT2D eigenvalue weighted by Crippen LogP contribution is -2.02. The summed E-state index contributed by atoms with van der Waals surface area (Å²) in [5.74, 6) is 1.09. The summed E-state index contributed by atoms with van der Waals surface area (Å²) in [7, 11) is 1.60. The number of aromatic amines is 1. The second kappa shape index (κ2) is 6.50. The molecule has 0 aliphatic carbocycles. The number of nitrogens with one attached hydrogen (secondary N) is 1. The number of carbonyl (C=O) groups excluding carboxylic acids is 1. The summed E-state index contributed by atoms with van der Waals surface area (Å²) in [6.45, 7) is 0. The van der Waals surface area contributed by atoms with Gasteiger partial charge in [-0.1, -0.05) is 11.8 Å². The Hall–Kier alpha value is -1.86. The third-order valence-corrected chi connectivity index (χ3v) is 4.34. The van der Waals surface area contributed by atoms with E-state index in [9.17, 15) is 4.79 Å². The molecular formula is C15H12BrN3O2S. The molecule has 1 aromatic carbocycles. The Morgan fingerprint density at radius 2 is 2.14 bits per heavy atom. The summed E-state index contributed by atoms with van der Waals surface area (Å²) in [5.41, 5.74) is 2.14. The number of fused-ring (bicyclic) bond motifs is 1. The number of hydrogen-bond donors (Lipinski definition) is 1. The number of aromatic nitrogens is 3. The van der Waals surface area contributed by atoms with Gasteiger partial charge in [0, 0.05) is 16.2 Å². The number of H-pyrrole nitrogens is 1. The minimum absolute atomic E-state index is 0.0437. The first-order valence-electron chi connectivity index (χ1n) is 6.47. The van der Waals surface area contributed by atoms with Crippen LogP contribution >= 0.6 is 27.7 Å². The van der Waals surface area contributed by atoms with Crippen LogP contribution in [0.1, 0.15) is 10.4 Å².